The van der Waals surface area contributed by atoms with Crippen LogP contribution in [0.3, 0.4) is 0 Å². The summed E-state index contributed by atoms with van der Waals surface area (Å²) in [7, 11) is 0. The van der Waals surface area contributed by atoms with Gasteiger partial charge in [0, 0.05) is 40.3 Å². The topological polar surface area (TPSA) is 86.7 Å². The fraction of sp³-hybridized carbons (Fsp3) is 0.0909. The number of halogens is 4. The van der Waals surface area contributed by atoms with Crippen LogP contribution >= 0.6 is 11.6 Å². The highest BCUT2D eigenvalue weighted by molar-refractivity contribution is 6.31. The van der Waals surface area contributed by atoms with Gasteiger partial charge in [-0.05, 0) is 42.5 Å². The zero-order chi connectivity index (χ0) is 22.9. The van der Waals surface area contributed by atoms with Gasteiger partial charge in [0.1, 0.15) is 6.04 Å². The predicted molar refractivity (Wildman–Crippen MR) is 113 cm³/mol. The van der Waals surface area contributed by atoms with Crippen molar-refractivity contribution in [2.24, 2.45) is 4.99 Å². The van der Waals surface area contributed by atoms with Crippen LogP contribution in [-0.4, -0.2) is 22.3 Å². The minimum Gasteiger partial charge on any atom is -0.478 e. The van der Waals surface area contributed by atoms with Crippen molar-refractivity contribution in [1.29, 1.82) is 0 Å². The van der Waals surface area contributed by atoms with Crippen molar-refractivity contribution in [3.63, 3.8) is 0 Å². The summed E-state index contributed by atoms with van der Waals surface area (Å²) in [5.41, 5.74) is 2.98. The molecule has 0 fully saturated rings. The Balaban J connectivity index is 1.80. The first-order valence-corrected chi connectivity index (χ1v) is 9.66. The van der Waals surface area contributed by atoms with Crippen molar-refractivity contribution in [3.8, 4) is 0 Å². The van der Waals surface area contributed by atoms with E-state index in [9.17, 15) is 18.0 Å². The number of carboxylic acids is 1. The van der Waals surface area contributed by atoms with Crippen molar-refractivity contribution >= 4 is 35.2 Å². The molecule has 2 heterocycles. The molecule has 0 radical (unpaired) electrons. The van der Waals surface area contributed by atoms with Crippen LogP contribution in [0.25, 0.3) is 5.76 Å². The van der Waals surface area contributed by atoms with Crippen LogP contribution in [-0.2, 0) is 11.0 Å². The second-order valence-electron chi connectivity index (χ2n) is 6.85. The molecule has 164 valence electrons. The van der Waals surface area contributed by atoms with E-state index in [0.717, 1.165) is 6.07 Å². The van der Waals surface area contributed by atoms with E-state index in [4.69, 9.17) is 21.5 Å². The molecule has 0 saturated heterocycles. The molecule has 4 rings (SSSR count). The smallest absolute Gasteiger partial charge is 0.416 e. The first-order valence-electron chi connectivity index (χ1n) is 9.28. The number of hydroxylamine groups is 1. The highest BCUT2D eigenvalue weighted by atomic mass is 35.5. The monoisotopic (exact) mass is 461 g/mol. The van der Waals surface area contributed by atoms with Gasteiger partial charge in [-0.2, -0.15) is 13.2 Å². The zero-order valence-electron chi connectivity index (χ0n) is 16.2. The first kappa shape index (κ1) is 21.7. The lowest BCUT2D eigenvalue weighted by Gasteiger charge is -2.19. The second-order valence-corrected chi connectivity index (χ2v) is 7.25. The van der Waals surface area contributed by atoms with Crippen LogP contribution in [0.2, 0.25) is 5.02 Å². The van der Waals surface area contributed by atoms with Crippen molar-refractivity contribution in [2.45, 2.75) is 12.2 Å². The van der Waals surface area contributed by atoms with Crippen LogP contribution in [0.1, 0.15) is 33.1 Å². The van der Waals surface area contributed by atoms with E-state index in [0.29, 0.717) is 16.8 Å². The molecule has 10 heteroatoms. The molecular weight excluding hydrogens is 447 g/mol. The molecule has 6 nitrogen and oxygen atoms in total. The Morgan fingerprint density at radius 1 is 1.16 bits per heavy atom. The van der Waals surface area contributed by atoms with Crippen LogP contribution in [0.5, 0.6) is 0 Å². The molecule has 1 unspecified atom stereocenters. The Kier molecular flexibility index (Phi) is 5.77. The summed E-state index contributed by atoms with van der Waals surface area (Å²) < 4.78 is 41.1. The van der Waals surface area contributed by atoms with Crippen LogP contribution in [0, 0.1) is 0 Å². The molecule has 3 aromatic rings. The van der Waals surface area contributed by atoms with Gasteiger partial charge in [-0.1, -0.05) is 17.7 Å². The molecular formula is C22H15ClF3N3O3. The minimum absolute atomic E-state index is 0.0760. The van der Waals surface area contributed by atoms with Gasteiger partial charge in [0.25, 0.3) is 0 Å². The number of aliphatic imine (C=N–C) groups is 1. The highest BCUT2D eigenvalue weighted by Crippen LogP contribution is 2.43. The molecule has 1 aliphatic heterocycles. The van der Waals surface area contributed by atoms with Crippen molar-refractivity contribution in [1.82, 2.24) is 10.5 Å². The maximum Gasteiger partial charge on any atom is 0.416 e. The summed E-state index contributed by atoms with van der Waals surface area (Å²) >= 11 is 6.19. The molecule has 0 amide bonds. The van der Waals surface area contributed by atoms with Crippen LogP contribution < -0.4 is 5.48 Å². The van der Waals surface area contributed by atoms with E-state index in [-0.39, 0.29) is 21.9 Å². The molecule has 32 heavy (non-hydrogen) atoms. The third-order valence-corrected chi connectivity index (χ3v) is 5.16. The minimum atomic E-state index is -4.63. The number of rotatable bonds is 5. The number of benzene rings is 2. The van der Waals surface area contributed by atoms with E-state index in [2.05, 4.69) is 15.5 Å². The average molecular weight is 462 g/mol. The van der Waals surface area contributed by atoms with Crippen molar-refractivity contribution < 1.29 is 27.9 Å². The Morgan fingerprint density at radius 2 is 1.91 bits per heavy atom. The fourth-order valence-corrected chi connectivity index (χ4v) is 3.61. The Labute approximate surface area is 185 Å². The molecule has 3 N–H and O–H groups in total. The molecule has 2 aromatic carbocycles. The maximum atomic E-state index is 13.7. The molecule has 0 bridgehead atoms. The molecule has 1 aromatic heterocycles. The Hall–Kier alpha value is -3.56. The van der Waals surface area contributed by atoms with E-state index in [1.165, 1.54) is 42.6 Å². The number of alkyl halides is 3. The third-order valence-electron chi connectivity index (χ3n) is 4.83. The predicted octanol–water partition coefficient (Wildman–Crippen LogP) is 5.77. The lowest BCUT2D eigenvalue weighted by Crippen LogP contribution is -2.21. The SMILES string of the molecule is O=C(O)c1ccc(/N=C/C2=C(c3cc[nH]c3)ONC2c2c(Cl)cccc2C(F)(F)F)cc1. The van der Waals surface area contributed by atoms with E-state index in [1.54, 1.807) is 18.5 Å². The van der Waals surface area contributed by atoms with Gasteiger partial charge < -0.3 is 14.9 Å². The lowest BCUT2D eigenvalue weighted by molar-refractivity contribution is -0.138. The number of aromatic nitrogens is 1. The standard InChI is InChI=1S/C22H15ClF3N3O3/c23-17-3-1-2-16(22(24,25)26)18(17)19-15(20(32-29-19)13-8-9-27-10-13)11-28-14-6-4-12(5-7-14)21(30)31/h1-11,19,27,29H,(H,30,31)/b28-11+. The maximum absolute atomic E-state index is 13.7. The van der Waals surface area contributed by atoms with Crippen LogP contribution in [0.15, 0.2) is 71.5 Å². The Bertz CT molecular complexity index is 1200. The third kappa shape index (κ3) is 4.25. The normalized spacial score (nSPS) is 16.6. The number of H-pyrrole nitrogens is 1. The number of carbonyl (C=O) groups is 1. The van der Waals surface area contributed by atoms with Gasteiger partial charge in [-0.15, -0.1) is 5.48 Å². The Morgan fingerprint density at radius 3 is 2.53 bits per heavy atom. The number of nitrogens with zero attached hydrogens (tertiary/aromatic N) is 1. The number of carboxylic acid groups (broad SMARTS) is 1. The number of hydrogen-bond donors (Lipinski definition) is 3. The van der Waals surface area contributed by atoms with E-state index in [1.807, 2.05) is 0 Å². The summed E-state index contributed by atoms with van der Waals surface area (Å²) in [5, 5.41) is 8.94. The molecule has 1 aliphatic rings. The molecule has 0 aliphatic carbocycles. The lowest BCUT2D eigenvalue weighted by atomic mass is 9.93. The highest BCUT2D eigenvalue weighted by Gasteiger charge is 2.40. The van der Waals surface area contributed by atoms with E-state index >= 15 is 0 Å². The van der Waals surface area contributed by atoms with Crippen molar-refractivity contribution in [2.75, 3.05) is 0 Å². The summed E-state index contributed by atoms with van der Waals surface area (Å²) in [6, 6.07) is 9.97. The largest absolute Gasteiger partial charge is 0.478 e. The van der Waals surface area contributed by atoms with Gasteiger partial charge in [0.05, 0.1) is 16.8 Å². The van der Waals surface area contributed by atoms with Gasteiger partial charge in [-0.3, -0.25) is 4.99 Å². The number of hydrogen-bond acceptors (Lipinski definition) is 4. The second kappa shape index (κ2) is 8.52. The number of aromatic amines is 1. The quantitative estimate of drug-likeness (QED) is 0.421. The van der Waals surface area contributed by atoms with Gasteiger partial charge in [0.2, 0.25) is 0 Å². The summed E-state index contributed by atoms with van der Waals surface area (Å²) in [4.78, 5) is 23.8. The first-order chi connectivity index (χ1) is 15.3. The number of aromatic carboxylic acids is 1. The van der Waals surface area contributed by atoms with Gasteiger partial charge >= 0.3 is 12.1 Å². The van der Waals surface area contributed by atoms with Crippen LogP contribution in [0.4, 0.5) is 18.9 Å². The number of nitrogens with one attached hydrogen (secondary N) is 2. The summed E-state index contributed by atoms with van der Waals surface area (Å²) in [6.45, 7) is 0. The van der Waals surface area contributed by atoms with Crippen molar-refractivity contribution in [3.05, 3.63) is 93.8 Å². The van der Waals surface area contributed by atoms with E-state index < -0.39 is 23.8 Å². The summed E-state index contributed by atoms with van der Waals surface area (Å²) in [6.07, 6.45) is 0.0289. The summed E-state index contributed by atoms with van der Waals surface area (Å²) in [5.74, 6) is -0.792. The zero-order valence-corrected chi connectivity index (χ0v) is 16.9. The average Bonchev–Trinajstić information content (AvgIpc) is 3.41. The fourth-order valence-electron chi connectivity index (χ4n) is 3.32. The van der Waals surface area contributed by atoms with Gasteiger partial charge in [-0.25, -0.2) is 4.79 Å². The molecule has 0 spiro atoms. The van der Waals surface area contributed by atoms with Gasteiger partial charge in [0.15, 0.2) is 5.76 Å². The molecule has 1 atom stereocenters. The molecule has 0 saturated carbocycles.